The predicted molar refractivity (Wildman–Crippen MR) is 99.2 cm³/mol. The lowest BCUT2D eigenvalue weighted by Crippen LogP contribution is -2.55. The second kappa shape index (κ2) is 5.55. The highest BCUT2D eigenvalue weighted by molar-refractivity contribution is 5.91. The summed E-state index contributed by atoms with van der Waals surface area (Å²) in [5.41, 5.74) is 3.14. The van der Waals surface area contributed by atoms with Crippen molar-refractivity contribution in [2.75, 3.05) is 6.61 Å². The molecule has 136 valence electrons. The zero-order valence-electron chi connectivity index (χ0n) is 15.7. The summed E-state index contributed by atoms with van der Waals surface area (Å²) in [6.45, 7) is 7.95. The molecule has 0 aromatic carbocycles. The molecular weight excluding hydrogens is 308 g/mol. The molecule has 0 aromatic heterocycles. The Morgan fingerprint density at radius 1 is 1.08 bits per heavy atom. The molecule has 6 atom stereocenters. The maximum atomic E-state index is 11.8. The van der Waals surface area contributed by atoms with Gasteiger partial charge in [0.15, 0.2) is 5.78 Å². The molecule has 0 amide bonds. The van der Waals surface area contributed by atoms with Crippen LogP contribution in [-0.4, -0.2) is 18.0 Å². The van der Waals surface area contributed by atoms with Gasteiger partial charge in [-0.1, -0.05) is 19.1 Å². The molecule has 5 aliphatic rings. The van der Waals surface area contributed by atoms with Crippen LogP contribution in [0.3, 0.4) is 0 Å². The zero-order chi connectivity index (χ0) is 17.2. The summed E-state index contributed by atoms with van der Waals surface area (Å²) in [4.78, 5) is 11.8. The molecule has 25 heavy (non-hydrogen) atoms. The summed E-state index contributed by atoms with van der Waals surface area (Å²) in [7, 11) is 0. The van der Waals surface area contributed by atoms with E-state index in [2.05, 4.69) is 13.5 Å². The van der Waals surface area contributed by atoms with Crippen molar-refractivity contribution in [1.82, 2.24) is 0 Å². The van der Waals surface area contributed by atoms with Crippen LogP contribution in [0.1, 0.15) is 71.1 Å². The number of carbonyl (C=O) groups excluding carboxylic acids is 1. The van der Waals surface area contributed by atoms with Crippen LogP contribution in [-0.2, 0) is 9.53 Å². The van der Waals surface area contributed by atoms with E-state index in [1.165, 1.54) is 49.7 Å². The number of fused-ring (bicyclic) bond motifs is 6. The molecule has 5 rings (SSSR count). The average molecular weight is 341 g/mol. The first-order valence-electron chi connectivity index (χ1n) is 10.6. The molecule has 0 N–H and O–H groups in total. The lowest BCUT2D eigenvalue weighted by molar-refractivity contribution is -0.144. The molecule has 0 aromatic rings. The molecular formula is C23H32O2. The molecule has 1 saturated heterocycles. The molecule has 2 nitrogen and oxygen atoms in total. The summed E-state index contributed by atoms with van der Waals surface area (Å²) < 4.78 is 6.56. The van der Waals surface area contributed by atoms with Crippen LogP contribution in [0.4, 0.5) is 0 Å². The van der Waals surface area contributed by atoms with Gasteiger partial charge < -0.3 is 4.74 Å². The van der Waals surface area contributed by atoms with Crippen LogP contribution in [0.15, 0.2) is 23.8 Å². The van der Waals surface area contributed by atoms with Gasteiger partial charge in [-0.3, -0.25) is 4.79 Å². The van der Waals surface area contributed by atoms with Gasteiger partial charge in [-0.2, -0.15) is 0 Å². The zero-order valence-corrected chi connectivity index (χ0v) is 15.7. The monoisotopic (exact) mass is 340 g/mol. The fourth-order valence-corrected chi connectivity index (χ4v) is 7.83. The average Bonchev–Trinajstić information content (AvgIpc) is 2.90. The van der Waals surface area contributed by atoms with Gasteiger partial charge in [0.2, 0.25) is 0 Å². The molecule has 1 aliphatic heterocycles. The maximum absolute atomic E-state index is 11.8. The van der Waals surface area contributed by atoms with Crippen molar-refractivity contribution < 1.29 is 9.53 Å². The standard InChI is InChI=1S/C23H32O2/c1-15-4-3-13-25-23(15)12-10-21-20-7-5-16-14-17(24)6-8-18(16)19(20)9-11-22(21,23)2/h14,18-21H,1,3-13H2,2H3/t18-,19+,20+,21-,22-,23+/m0/s1. The second-order valence-electron chi connectivity index (χ2n) is 9.68. The third kappa shape index (κ3) is 2.10. The minimum absolute atomic E-state index is 0.0282. The topological polar surface area (TPSA) is 26.3 Å². The van der Waals surface area contributed by atoms with Gasteiger partial charge in [0.05, 0.1) is 5.60 Å². The molecule has 0 bridgehead atoms. The first-order valence-corrected chi connectivity index (χ1v) is 10.6. The molecule has 2 heteroatoms. The lowest BCUT2D eigenvalue weighted by Gasteiger charge is -2.57. The number of hydrogen-bond donors (Lipinski definition) is 0. The Kier molecular flexibility index (Phi) is 3.62. The first-order chi connectivity index (χ1) is 12.1. The van der Waals surface area contributed by atoms with E-state index in [1.807, 2.05) is 6.08 Å². The smallest absolute Gasteiger partial charge is 0.155 e. The molecule has 4 aliphatic carbocycles. The fraction of sp³-hybridized carbons (Fsp3) is 0.783. The first kappa shape index (κ1) is 16.3. The molecule has 0 radical (unpaired) electrons. The van der Waals surface area contributed by atoms with Crippen molar-refractivity contribution in [1.29, 1.82) is 0 Å². The largest absolute Gasteiger partial charge is 0.370 e. The highest BCUT2D eigenvalue weighted by atomic mass is 16.5. The van der Waals surface area contributed by atoms with Gasteiger partial charge in [-0.15, -0.1) is 0 Å². The Labute approximate surface area is 152 Å². The van der Waals surface area contributed by atoms with Crippen LogP contribution in [0.5, 0.6) is 0 Å². The van der Waals surface area contributed by atoms with Crippen molar-refractivity contribution in [3.05, 3.63) is 23.8 Å². The van der Waals surface area contributed by atoms with E-state index in [0.29, 0.717) is 11.7 Å². The normalized spacial score (nSPS) is 49.4. The number of allylic oxidation sites excluding steroid dienone is 1. The number of ketones is 1. The van der Waals surface area contributed by atoms with Crippen LogP contribution >= 0.6 is 0 Å². The summed E-state index contributed by atoms with van der Waals surface area (Å²) in [5.74, 6) is 3.52. The van der Waals surface area contributed by atoms with E-state index in [-0.39, 0.29) is 11.0 Å². The van der Waals surface area contributed by atoms with Crippen LogP contribution in [0, 0.1) is 29.1 Å². The number of carbonyl (C=O) groups is 1. The van der Waals surface area contributed by atoms with Crippen molar-refractivity contribution in [2.24, 2.45) is 29.1 Å². The molecule has 4 fully saturated rings. The Balaban J connectivity index is 1.47. The van der Waals surface area contributed by atoms with E-state index in [1.54, 1.807) is 0 Å². The quantitative estimate of drug-likeness (QED) is 0.564. The predicted octanol–water partition coefficient (Wildman–Crippen LogP) is 5.23. The third-order valence-corrected chi connectivity index (χ3v) is 8.96. The summed E-state index contributed by atoms with van der Waals surface area (Å²) in [6.07, 6.45) is 13.8. The Morgan fingerprint density at radius 2 is 1.96 bits per heavy atom. The summed E-state index contributed by atoms with van der Waals surface area (Å²) in [5, 5.41) is 0. The SMILES string of the molecule is C=C1CCCO[C@]12CC[C@H]1[C@@H]3CCC4=CC(=O)CC[C@@H]4[C@H]3CC[C@@]12C. The molecule has 3 saturated carbocycles. The van der Waals surface area contributed by atoms with Crippen LogP contribution in [0.25, 0.3) is 0 Å². The van der Waals surface area contributed by atoms with Gasteiger partial charge in [0, 0.05) is 18.4 Å². The van der Waals surface area contributed by atoms with Gasteiger partial charge in [-0.25, -0.2) is 0 Å². The summed E-state index contributed by atoms with van der Waals surface area (Å²) >= 11 is 0. The van der Waals surface area contributed by atoms with Gasteiger partial charge >= 0.3 is 0 Å². The van der Waals surface area contributed by atoms with E-state index < -0.39 is 0 Å². The molecule has 0 unspecified atom stereocenters. The van der Waals surface area contributed by atoms with Crippen molar-refractivity contribution >= 4 is 5.78 Å². The van der Waals surface area contributed by atoms with Gasteiger partial charge in [0.1, 0.15) is 0 Å². The Bertz CT molecular complexity index is 646. The van der Waals surface area contributed by atoms with Crippen LogP contribution in [0.2, 0.25) is 0 Å². The van der Waals surface area contributed by atoms with E-state index in [4.69, 9.17) is 4.74 Å². The third-order valence-electron chi connectivity index (χ3n) is 8.96. The van der Waals surface area contributed by atoms with Gasteiger partial charge in [-0.05, 0) is 93.1 Å². The Morgan fingerprint density at radius 3 is 2.80 bits per heavy atom. The van der Waals surface area contributed by atoms with E-state index >= 15 is 0 Å². The Hall–Kier alpha value is -0.890. The van der Waals surface area contributed by atoms with Crippen LogP contribution < -0.4 is 0 Å². The minimum Gasteiger partial charge on any atom is -0.370 e. The van der Waals surface area contributed by atoms with E-state index in [9.17, 15) is 4.79 Å². The van der Waals surface area contributed by atoms with Crippen molar-refractivity contribution in [2.45, 2.75) is 76.7 Å². The van der Waals surface area contributed by atoms with Crippen molar-refractivity contribution in [3.8, 4) is 0 Å². The fourth-order valence-electron chi connectivity index (χ4n) is 7.83. The highest BCUT2D eigenvalue weighted by Crippen LogP contribution is 2.68. The molecule has 1 heterocycles. The minimum atomic E-state index is -0.0282. The lowest BCUT2D eigenvalue weighted by atomic mass is 9.50. The van der Waals surface area contributed by atoms with Crippen molar-refractivity contribution in [3.63, 3.8) is 0 Å². The number of hydrogen-bond acceptors (Lipinski definition) is 2. The number of ether oxygens (including phenoxy) is 1. The second-order valence-corrected chi connectivity index (χ2v) is 9.68. The maximum Gasteiger partial charge on any atom is 0.155 e. The number of rotatable bonds is 0. The highest BCUT2D eigenvalue weighted by Gasteiger charge is 2.64. The van der Waals surface area contributed by atoms with E-state index in [0.717, 1.165) is 50.0 Å². The molecule has 1 spiro atoms. The summed E-state index contributed by atoms with van der Waals surface area (Å²) in [6, 6.07) is 0. The van der Waals surface area contributed by atoms with Gasteiger partial charge in [0.25, 0.3) is 0 Å².